The number of ether oxygens (including phenoxy) is 1. The Kier molecular flexibility index (Phi) is 3.86. The standard InChI is InChI=1S/C17H12ClFO3/c1-10-6-17(20)22-16-8-13(4-5-14(10)16)21-9-11-2-3-12(19)7-15(11)18/h2-8H,9H2,1H3. The molecule has 0 aliphatic rings. The lowest BCUT2D eigenvalue weighted by molar-refractivity contribution is 0.306. The molecule has 0 aliphatic carbocycles. The van der Waals surface area contributed by atoms with Gasteiger partial charge in [0.15, 0.2) is 0 Å². The highest BCUT2D eigenvalue weighted by Gasteiger charge is 2.06. The van der Waals surface area contributed by atoms with Crippen molar-refractivity contribution >= 4 is 22.6 Å². The molecule has 0 aliphatic heterocycles. The zero-order valence-electron chi connectivity index (χ0n) is 11.7. The molecule has 0 saturated heterocycles. The third-order valence-corrected chi connectivity index (χ3v) is 3.68. The molecule has 0 unspecified atom stereocenters. The lowest BCUT2D eigenvalue weighted by Crippen LogP contribution is -1.99. The largest absolute Gasteiger partial charge is 0.489 e. The Morgan fingerprint density at radius 3 is 2.77 bits per heavy atom. The molecule has 0 spiro atoms. The van der Waals surface area contributed by atoms with Crippen LogP contribution in [0.1, 0.15) is 11.1 Å². The summed E-state index contributed by atoms with van der Waals surface area (Å²) in [5.74, 6) is 0.151. The topological polar surface area (TPSA) is 39.4 Å². The minimum Gasteiger partial charge on any atom is -0.489 e. The Labute approximate surface area is 130 Å². The van der Waals surface area contributed by atoms with E-state index in [1.54, 1.807) is 18.2 Å². The van der Waals surface area contributed by atoms with Gasteiger partial charge in [0.25, 0.3) is 0 Å². The maximum atomic E-state index is 13.0. The number of halogens is 2. The molecule has 5 heteroatoms. The van der Waals surface area contributed by atoms with Crippen molar-refractivity contribution in [2.75, 3.05) is 0 Å². The van der Waals surface area contributed by atoms with Crippen molar-refractivity contribution in [2.24, 2.45) is 0 Å². The molecule has 1 heterocycles. The van der Waals surface area contributed by atoms with Crippen LogP contribution in [0.2, 0.25) is 5.02 Å². The molecule has 1 aromatic heterocycles. The summed E-state index contributed by atoms with van der Waals surface area (Å²) in [7, 11) is 0. The molecular formula is C17H12ClFO3. The molecule has 0 fully saturated rings. The van der Waals surface area contributed by atoms with E-state index in [1.807, 2.05) is 13.0 Å². The lowest BCUT2D eigenvalue weighted by Gasteiger charge is -2.09. The van der Waals surface area contributed by atoms with Gasteiger partial charge in [0.05, 0.1) is 5.02 Å². The van der Waals surface area contributed by atoms with Crippen LogP contribution in [0.25, 0.3) is 11.0 Å². The van der Waals surface area contributed by atoms with E-state index in [-0.39, 0.29) is 6.61 Å². The summed E-state index contributed by atoms with van der Waals surface area (Å²) in [4.78, 5) is 11.4. The van der Waals surface area contributed by atoms with Gasteiger partial charge in [-0.1, -0.05) is 17.7 Å². The third kappa shape index (κ3) is 2.97. The van der Waals surface area contributed by atoms with Crippen LogP contribution in [0.15, 0.2) is 51.7 Å². The molecular weight excluding hydrogens is 307 g/mol. The molecule has 0 N–H and O–H groups in total. The van der Waals surface area contributed by atoms with Crippen molar-refractivity contribution in [1.82, 2.24) is 0 Å². The van der Waals surface area contributed by atoms with Crippen molar-refractivity contribution in [2.45, 2.75) is 13.5 Å². The molecule has 0 radical (unpaired) electrons. The first-order valence-corrected chi connectivity index (χ1v) is 7.02. The van der Waals surface area contributed by atoms with E-state index < -0.39 is 11.4 Å². The molecule has 112 valence electrons. The van der Waals surface area contributed by atoms with E-state index in [2.05, 4.69) is 0 Å². The van der Waals surface area contributed by atoms with Crippen LogP contribution in [0.4, 0.5) is 4.39 Å². The van der Waals surface area contributed by atoms with E-state index in [0.29, 0.717) is 21.9 Å². The second-order valence-electron chi connectivity index (χ2n) is 4.93. The average Bonchev–Trinajstić information content (AvgIpc) is 2.45. The quantitative estimate of drug-likeness (QED) is 0.669. The predicted molar refractivity (Wildman–Crippen MR) is 83.0 cm³/mol. The lowest BCUT2D eigenvalue weighted by atomic mass is 10.1. The fourth-order valence-electron chi connectivity index (χ4n) is 2.19. The fourth-order valence-corrected chi connectivity index (χ4v) is 2.42. The molecule has 2 aromatic carbocycles. The molecule has 0 saturated carbocycles. The number of hydrogen-bond donors (Lipinski definition) is 0. The average molecular weight is 319 g/mol. The van der Waals surface area contributed by atoms with Gasteiger partial charge in [0.1, 0.15) is 23.8 Å². The van der Waals surface area contributed by atoms with Gasteiger partial charge in [-0.15, -0.1) is 0 Å². The minimum atomic E-state index is -0.399. The van der Waals surface area contributed by atoms with Crippen LogP contribution in [0, 0.1) is 12.7 Å². The Hall–Kier alpha value is -2.33. The van der Waals surface area contributed by atoms with Gasteiger partial charge in [-0.3, -0.25) is 0 Å². The second kappa shape index (κ2) is 5.81. The van der Waals surface area contributed by atoms with Crippen LogP contribution in [-0.4, -0.2) is 0 Å². The van der Waals surface area contributed by atoms with Crippen molar-refractivity contribution in [3.05, 3.63) is 74.9 Å². The van der Waals surface area contributed by atoms with Gasteiger partial charge in [-0.25, -0.2) is 9.18 Å². The van der Waals surface area contributed by atoms with Crippen molar-refractivity contribution in [3.8, 4) is 5.75 Å². The van der Waals surface area contributed by atoms with Crippen LogP contribution in [0.3, 0.4) is 0 Å². The van der Waals surface area contributed by atoms with Gasteiger partial charge in [-0.2, -0.15) is 0 Å². The molecule has 3 nitrogen and oxygen atoms in total. The molecule has 0 bridgehead atoms. The van der Waals surface area contributed by atoms with E-state index in [9.17, 15) is 9.18 Å². The Morgan fingerprint density at radius 2 is 2.00 bits per heavy atom. The van der Waals surface area contributed by atoms with Crippen molar-refractivity contribution in [1.29, 1.82) is 0 Å². The molecule has 0 amide bonds. The monoisotopic (exact) mass is 318 g/mol. The normalized spacial score (nSPS) is 10.9. The molecule has 22 heavy (non-hydrogen) atoms. The summed E-state index contributed by atoms with van der Waals surface area (Å²) < 4.78 is 23.8. The van der Waals surface area contributed by atoms with E-state index in [1.165, 1.54) is 18.2 Å². The Morgan fingerprint density at radius 1 is 1.18 bits per heavy atom. The van der Waals surface area contributed by atoms with Crippen LogP contribution < -0.4 is 10.4 Å². The summed E-state index contributed by atoms with van der Waals surface area (Å²) in [5.41, 5.74) is 1.59. The van der Waals surface area contributed by atoms with E-state index >= 15 is 0 Å². The Bertz CT molecular complexity index is 902. The first kappa shape index (κ1) is 14.6. The van der Waals surface area contributed by atoms with Gasteiger partial charge < -0.3 is 9.15 Å². The van der Waals surface area contributed by atoms with Crippen LogP contribution in [-0.2, 0) is 6.61 Å². The number of rotatable bonds is 3. The smallest absolute Gasteiger partial charge is 0.336 e. The van der Waals surface area contributed by atoms with Crippen LogP contribution in [0.5, 0.6) is 5.75 Å². The predicted octanol–water partition coefficient (Wildman–Crippen LogP) is 4.47. The first-order chi connectivity index (χ1) is 10.5. The van der Waals surface area contributed by atoms with Gasteiger partial charge in [0, 0.05) is 23.1 Å². The maximum Gasteiger partial charge on any atom is 0.336 e. The highest BCUT2D eigenvalue weighted by Crippen LogP contribution is 2.24. The summed E-state index contributed by atoms with van der Waals surface area (Å²) in [6, 6.07) is 10.9. The summed E-state index contributed by atoms with van der Waals surface area (Å²) in [5, 5.41) is 1.16. The SMILES string of the molecule is Cc1cc(=O)oc2cc(OCc3ccc(F)cc3Cl)ccc12. The Balaban J connectivity index is 1.86. The fraction of sp³-hybridized carbons (Fsp3) is 0.118. The summed E-state index contributed by atoms with van der Waals surface area (Å²) in [6.45, 7) is 2.04. The van der Waals surface area contributed by atoms with E-state index in [4.69, 9.17) is 20.8 Å². The van der Waals surface area contributed by atoms with E-state index in [0.717, 1.165) is 10.9 Å². The number of benzene rings is 2. The number of hydrogen-bond acceptors (Lipinski definition) is 3. The third-order valence-electron chi connectivity index (χ3n) is 3.33. The molecule has 3 rings (SSSR count). The zero-order valence-corrected chi connectivity index (χ0v) is 12.5. The highest BCUT2D eigenvalue weighted by molar-refractivity contribution is 6.31. The zero-order chi connectivity index (χ0) is 15.7. The second-order valence-corrected chi connectivity index (χ2v) is 5.34. The molecule has 0 atom stereocenters. The summed E-state index contributed by atoms with van der Waals surface area (Å²) >= 11 is 5.95. The van der Waals surface area contributed by atoms with Crippen LogP contribution >= 0.6 is 11.6 Å². The first-order valence-electron chi connectivity index (χ1n) is 6.64. The molecule has 3 aromatic rings. The van der Waals surface area contributed by atoms with Gasteiger partial charge in [0.2, 0.25) is 0 Å². The van der Waals surface area contributed by atoms with Crippen molar-refractivity contribution < 1.29 is 13.5 Å². The number of fused-ring (bicyclic) bond motifs is 1. The number of aryl methyl sites for hydroxylation is 1. The highest BCUT2D eigenvalue weighted by atomic mass is 35.5. The van der Waals surface area contributed by atoms with Gasteiger partial charge in [-0.05, 0) is 36.8 Å². The van der Waals surface area contributed by atoms with Crippen molar-refractivity contribution in [3.63, 3.8) is 0 Å². The van der Waals surface area contributed by atoms with Gasteiger partial charge >= 0.3 is 5.63 Å². The summed E-state index contributed by atoms with van der Waals surface area (Å²) in [6.07, 6.45) is 0. The maximum absolute atomic E-state index is 13.0. The minimum absolute atomic E-state index is 0.195.